The first-order valence-electron chi connectivity index (χ1n) is 3.27. The maximum Gasteiger partial charge on any atom is 0.0957 e. The van der Waals surface area contributed by atoms with Crippen LogP contribution in [0.3, 0.4) is 0 Å². The van der Waals surface area contributed by atoms with Crippen LogP contribution in [0.2, 0.25) is 0 Å². The second-order valence-electron chi connectivity index (χ2n) is 2.04. The van der Waals surface area contributed by atoms with Gasteiger partial charge in [0.15, 0.2) is 0 Å². The number of nitrogens with zero attached hydrogens (tertiary/aromatic N) is 1. The minimum atomic E-state index is 0.570. The van der Waals surface area contributed by atoms with E-state index in [0.717, 1.165) is 6.42 Å². The number of amidine groups is 1. The van der Waals surface area contributed by atoms with Crippen LogP contribution >= 0.6 is 22.6 Å². The van der Waals surface area contributed by atoms with Crippen LogP contribution in [-0.2, 0) is 0 Å². The first-order valence-corrected chi connectivity index (χ1v) is 4.52. The number of nitrogens with two attached hydrogens (primary N) is 1. The van der Waals surface area contributed by atoms with Gasteiger partial charge in [0.25, 0.3) is 0 Å². The van der Waals surface area contributed by atoms with Crippen molar-refractivity contribution in [3.63, 3.8) is 0 Å². The van der Waals surface area contributed by atoms with Gasteiger partial charge in [-0.25, -0.2) is 4.99 Å². The molecule has 0 rings (SSSR count). The van der Waals surface area contributed by atoms with Gasteiger partial charge in [-0.1, -0.05) is 35.6 Å². The molecule has 2 N–H and O–H groups in total. The lowest BCUT2D eigenvalue weighted by molar-refractivity contribution is 1.00. The van der Waals surface area contributed by atoms with Crippen molar-refractivity contribution in [2.24, 2.45) is 10.7 Å². The lowest BCUT2D eigenvalue weighted by Gasteiger charge is -1.94. The fraction of sp³-hybridized carbons (Fsp3) is 0.571. The predicted octanol–water partition coefficient (Wildman–Crippen LogP) is 2.09. The summed E-state index contributed by atoms with van der Waals surface area (Å²) in [5, 5.41) is 0. The van der Waals surface area contributed by atoms with Crippen molar-refractivity contribution in [2.45, 2.75) is 24.2 Å². The third-order valence-electron chi connectivity index (χ3n) is 0.963. The van der Waals surface area contributed by atoms with E-state index in [2.05, 4.69) is 34.5 Å². The molecule has 2 nitrogen and oxygen atoms in total. The number of allylic oxidation sites excluding steroid dienone is 1. The fourth-order valence-electron chi connectivity index (χ4n) is 0.390. The molecule has 0 aromatic rings. The Morgan fingerprint density at radius 1 is 1.80 bits per heavy atom. The van der Waals surface area contributed by atoms with Crippen LogP contribution in [0.15, 0.2) is 17.3 Å². The quantitative estimate of drug-likeness (QED) is 0.355. The lowest BCUT2D eigenvalue weighted by atomic mass is 10.3. The topological polar surface area (TPSA) is 38.4 Å². The summed E-state index contributed by atoms with van der Waals surface area (Å²) in [5.41, 5.74) is 5.32. The van der Waals surface area contributed by atoms with Crippen LogP contribution in [0.25, 0.3) is 0 Å². The normalized spacial score (nSPS) is 16.1. The monoisotopic (exact) mass is 252 g/mol. The number of aliphatic imine (C=N–C) groups is 1. The minimum absolute atomic E-state index is 0.570. The summed E-state index contributed by atoms with van der Waals surface area (Å²) >= 11 is 2.36. The molecule has 0 saturated carbocycles. The van der Waals surface area contributed by atoms with Crippen LogP contribution < -0.4 is 5.73 Å². The van der Waals surface area contributed by atoms with Crippen molar-refractivity contribution in [1.29, 1.82) is 0 Å². The van der Waals surface area contributed by atoms with E-state index < -0.39 is 0 Å². The highest BCUT2D eigenvalue weighted by Crippen LogP contribution is 2.05. The molecule has 0 fully saturated rings. The molecule has 3 heteroatoms. The van der Waals surface area contributed by atoms with Gasteiger partial charge < -0.3 is 5.73 Å². The molecule has 0 aliphatic carbocycles. The van der Waals surface area contributed by atoms with Gasteiger partial charge in [-0.2, -0.15) is 0 Å². The highest BCUT2D eigenvalue weighted by atomic mass is 127. The van der Waals surface area contributed by atoms with E-state index >= 15 is 0 Å². The van der Waals surface area contributed by atoms with E-state index in [1.165, 1.54) is 0 Å². The Kier molecular flexibility index (Phi) is 5.67. The number of hydrogen-bond acceptors (Lipinski definition) is 1. The van der Waals surface area contributed by atoms with Gasteiger partial charge in [0.05, 0.1) is 5.84 Å². The fourth-order valence-corrected chi connectivity index (χ4v) is 0.576. The molecule has 0 amide bonds. The van der Waals surface area contributed by atoms with E-state index in [1.807, 2.05) is 6.08 Å². The zero-order valence-corrected chi connectivity index (χ0v) is 8.50. The molecule has 1 unspecified atom stereocenters. The van der Waals surface area contributed by atoms with Crippen LogP contribution in [0.1, 0.15) is 20.3 Å². The second-order valence-corrected chi connectivity index (χ2v) is 3.64. The maximum absolute atomic E-state index is 5.32. The molecule has 0 aromatic carbocycles. The van der Waals surface area contributed by atoms with E-state index in [1.54, 1.807) is 13.1 Å². The van der Waals surface area contributed by atoms with Gasteiger partial charge in [-0.05, 0) is 13.3 Å². The molecule has 0 aliphatic heterocycles. The zero-order chi connectivity index (χ0) is 7.98. The Morgan fingerprint density at radius 3 is 2.80 bits per heavy atom. The van der Waals surface area contributed by atoms with Gasteiger partial charge in [0.2, 0.25) is 0 Å². The van der Waals surface area contributed by atoms with Gasteiger partial charge in [-0.15, -0.1) is 0 Å². The van der Waals surface area contributed by atoms with Gasteiger partial charge in [0.1, 0.15) is 0 Å². The molecule has 0 saturated heterocycles. The first kappa shape index (κ1) is 9.94. The number of halogens is 1. The highest BCUT2D eigenvalue weighted by Gasteiger charge is 1.90. The van der Waals surface area contributed by atoms with E-state index in [-0.39, 0.29) is 0 Å². The summed E-state index contributed by atoms with van der Waals surface area (Å²) in [6.45, 7) is 3.92. The second kappa shape index (κ2) is 5.70. The summed E-state index contributed by atoms with van der Waals surface area (Å²) < 4.78 is 0.570. The Morgan fingerprint density at radius 2 is 2.40 bits per heavy atom. The van der Waals surface area contributed by atoms with Gasteiger partial charge in [0, 0.05) is 10.1 Å². The number of alkyl halides is 1. The first-order chi connectivity index (χ1) is 4.66. The Bertz CT molecular complexity index is 137. The SMILES string of the molecule is CCC(I)/C=C\N=C(C)N. The van der Waals surface area contributed by atoms with E-state index in [9.17, 15) is 0 Å². The average Bonchev–Trinajstić information content (AvgIpc) is 1.87. The van der Waals surface area contributed by atoms with Crippen LogP contribution in [-0.4, -0.2) is 9.76 Å². The molecule has 0 bridgehead atoms. The molecule has 0 radical (unpaired) electrons. The minimum Gasteiger partial charge on any atom is -0.387 e. The van der Waals surface area contributed by atoms with Crippen molar-refractivity contribution < 1.29 is 0 Å². The average molecular weight is 252 g/mol. The molecule has 0 spiro atoms. The van der Waals surface area contributed by atoms with Crippen molar-refractivity contribution in [1.82, 2.24) is 0 Å². The standard InChI is InChI=1S/C7H13IN2/c1-3-7(8)4-5-10-6(2)9/h4-5,7H,3H2,1-2H3,(H2,9,10)/b5-4-. The Labute approximate surface area is 75.7 Å². The van der Waals surface area contributed by atoms with Crippen molar-refractivity contribution in [2.75, 3.05) is 0 Å². The molecule has 0 heterocycles. The van der Waals surface area contributed by atoms with E-state index in [4.69, 9.17) is 5.73 Å². The molecule has 58 valence electrons. The summed E-state index contributed by atoms with van der Waals surface area (Å²) in [6, 6.07) is 0. The summed E-state index contributed by atoms with van der Waals surface area (Å²) in [6.07, 6.45) is 4.93. The molecule has 0 aliphatic rings. The van der Waals surface area contributed by atoms with Crippen LogP contribution in [0, 0.1) is 0 Å². The van der Waals surface area contributed by atoms with Crippen molar-refractivity contribution in [3.05, 3.63) is 12.3 Å². The number of hydrogen-bond donors (Lipinski definition) is 1. The smallest absolute Gasteiger partial charge is 0.0957 e. The van der Waals surface area contributed by atoms with Crippen LogP contribution in [0.4, 0.5) is 0 Å². The maximum atomic E-state index is 5.32. The third-order valence-corrected chi connectivity index (χ3v) is 2.26. The third kappa shape index (κ3) is 6.07. The van der Waals surface area contributed by atoms with Crippen molar-refractivity contribution in [3.8, 4) is 0 Å². The molecule has 1 atom stereocenters. The summed E-state index contributed by atoms with van der Waals surface area (Å²) in [5.74, 6) is 0.607. The highest BCUT2D eigenvalue weighted by molar-refractivity contribution is 14.1. The lowest BCUT2D eigenvalue weighted by Crippen LogP contribution is -2.03. The molecule has 0 aromatic heterocycles. The van der Waals surface area contributed by atoms with Gasteiger partial charge in [-0.3, -0.25) is 0 Å². The van der Waals surface area contributed by atoms with Crippen molar-refractivity contribution >= 4 is 28.4 Å². The molecular weight excluding hydrogens is 239 g/mol. The largest absolute Gasteiger partial charge is 0.387 e. The summed E-state index contributed by atoms with van der Waals surface area (Å²) in [7, 11) is 0. The Balaban J connectivity index is 3.66. The van der Waals surface area contributed by atoms with Gasteiger partial charge >= 0.3 is 0 Å². The summed E-state index contributed by atoms with van der Waals surface area (Å²) in [4.78, 5) is 3.92. The molecular formula is C7H13IN2. The predicted molar refractivity (Wildman–Crippen MR) is 54.5 cm³/mol. The zero-order valence-electron chi connectivity index (χ0n) is 6.34. The van der Waals surface area contributed by atoms with Crippen LogP contribution in [0.5, 0.6) is 0 Å². The number of rotatable bonds is 3. The molecule has 10 heavy (non-hydrogen) atoms. The van der Waals surface area contributed by atoms with E-state index in [0.29, 0.717) is 9.76 Å². The Hall–Kier alpha value is -0.0600.